The van der Waals surface area contributed by atoms with E-state index in [1.54, 1.807) is 0 Å². The molecule has 2 N–H and O–H groups in total. The van der Waals surface area contributed by atoms with Crippen molar-refractivity contribution in [1.82, 2.24) is 5.32 Å². The molecule has 0 spiro atoms. The third kappa shape index (κ3) is 4.00. The molecule has 0 aliphatic rings. The fourth-order valence-corrected chi connectivity index (χ4v) is 1.99. The number of hydrogen-bond donors (Lipinski definition) is 2. The van der Waals surface area contributed by atoms with E-state index in [1.807, 2.05) is 14.0 Å². The number of aliphatic hydroxyl groups is 1. The molecule has 0 aromatic heterocycles. The molecule has 0 heterocycles. The van der Waals surface area contributed by atoms with E-state index in [4.69, 9.17) is 0 Å². The summed E-state index contributed by atoms with van der Waals surface area (Å²) in [7, 11) is 2.03. The van der Waals surface area contributed by atoms with E-state index in [9.17, 15) is 5.11 Å². The van der Waals surface area contributed by atoms with Crippen molar-refractivity contribution in [3.8, 4) is 0 Å². The van der Waals surface area contributed by atoms with Crippen LogP contribution in [0, 0.1) is 6.92 Å². The van der Waals surface area contributed by atoms with Gasteiger partial charge in [-0.25, -0.2) is 0 Å². The molecule has 0 saturated carbocycles. The van der Waals surface area contributed by atoms with Crippen LogP contribution in [0.5, 0.6) is 0 Å². The van der Waals surface area contributed by atoms with E-state index in [1.165, 1.54) is 16.8 Å². The molecule has 0 amide bonds. The van der Waals surface area contributed by atoms with E-state index >= 15 is 0 Å². The maximum atomic E-state index is 9.20. The fourth-order valence-electron chi connectivity index (χ4n) is 1.99. The zero-order chi connectivity index (χ0) is 13.5. The van der Waals surface area contributed by atoms with Crippen LogP contribution in [-0.4, -0.2) is 31.3 Å². The lowest BCUT2D eigenvalue weighted by Gasteiger charge is -2.27. The molecule has 0 saturated heterocycles. The van der Waals surface area contributed by atoms with Crippen LogP contribution < -0.4 is 10.2 Å². The Morgan fingerprint density at radius 1 is 1.39 bits per heavy atom. The molecule has 1 aromatic carbocycles. The molecule has 0 aliphatic heterocycles. The van der Waals surface area contributed by atoms with Crippen LogP contribution in [0.25, 0.3) is 0 Å². The summed E-state index contributed by atoms with van der Waals surface area (Å²) in [5.41, 5.74) is 3.76. The molecule has 102 valence electrons. The molecular weight excluding hydrogens is 224 g/mol. The first-order valence-corrected chi connectivity index (χ1v) is 6.74. The molecule has 1 unspecified atom stereocenters. The van der Waals surface area contributed by atoms with Crippen molar-refractivity contribution in [2.24, 2.45) is 0 Å². The van der Waals surface area contributed by atoms with Gasteiger partial charge in [0.1, 0.15) is 0 Å². The summed E-state index contributed by atoms with van der Waals surface area (Å²) in [5, 5.41) is 12.6. The quantitative estimate of drug-likeness (QED) is 0.729. The van der Waals surface area contributed by atoms with Crippen LogP contribution in [0.15, 0.2) is 18.2 Å². The van der Waals surface area contributed by atoms with Gasteiger partial charge in [-0.1, -0.05) is 19.1 Å². The molecule has 0 aliphatic carbocycles. The Bertz CT molecular complexity index is 366. The van der Waals surface area contributed by atoms with Gasteiger partial charge < -0.3 is 15.3 Å². The van der Waals surface area contributed by atoms with Gasteiger partial charge in [-0.2, -0.15) is 0 Å². The highest BCUT2D eigenvalue weighted by Gasteiger charge is 2.11. The van der Waals surface area contributed by atoms with E-state index in [0.717, 1.165) is 19.5 Å². The van der Waals surface area contributed by atoms with E-state index in [2.05, 4.69) is 42.3 Å². The fraction of sp³-hybridized carbons (Fsp3) is 0.600. The van der Waals surface area contributed by atoms with Crippen LogP contribution in [0.3, 0.4) is 0 Å². The van der Waals surface area contributed by atoms with Crippen LogP contribution in [-0.2, 0) is 6.54 Å². The minimum absolute atomic E-state index is 0.146. The average Bonchev–Trinajstić information content (AvgIpc) is 2.37. The maximum Gasteiger partial charge on any atom is 0.0632 e. The molecule has 1 aromatic rings. The number of rotatable bonds is 7. The highest BCUT2D eigenvalue weighted by atomic mass is 16.3. The van der Waals surface area contributed by atoms with Gasteiger partial charge in [0, 0.05) is 25.3 Å². The monoisotopic (exact) mass is 250 g/mol. The van der Waals surface area contributed by atoms with Crippen LogP contribution in [0.2, 0.25) is 0 Å². The third-order valence-electron chi connectivity index (χ3n) is 3.32. The van der Waals surface area contributed by atoms with Crippen molar-refractivity contribution in [2.45, 2.75) is 39.8 Å². The molecule has 1 atom stereocenters. The number of nitrogens with one attached hydrogen (secondary N) is 1. The molecule has 3 nitrogen and oxygen atoms in total. The molecule has 3 heteroatoms. The Labute approximate surface area is 111 Å². The summed E-state index contributed by atoms with van der Waals surface area (Å²) in [4.78, 5) is 2.12. The standard InChI is InChI=1S/C15H26N2O/c1-5-8-16-10-14-6-7-15(12(2)9-14)17(4)13(3)11-18/h6-7,9,13,16,18H,5,8,10-11H2,1-4H3. The van der Waals surface area contributed by atoms with Crippen molar-refractivity contribution in [3.05, 3.63) is 29.3 Å². The van der Waals surface area contributed by atoms with Gasteiger partial charge >= 0.3 is 0 Å². The van der Waals surface area contributed by atoms with Crippen LogP contribution >= 0.6 is 0 Å². The summed E-state index contributed by atoms with van der Waals surface area (Å²) >= 11 is 0. The topological polar surface area (TPSA) is 35.5 Å². The molecular formula is C15H26N2O. The minimum atomic E-state index is 0.146. The molecule has 18 heavy (non-hydrogen) atoms. The summed E-state index contributed by atoms with van der Waals surface area (Å²) < 4.78 is 0. The van der Waals surface area contributed by atoms with Gasteiger partial charge in [-0.05, 0) is 44.0 Å². The highest BCUT2D eigenvalue weighted by molar-refractivity contribution is 5.54. The van der Waals surface area contributed by atoms with Crippen molar-refractivity contribution >= 4 is 5.69 Å². The first-order chi connectivity index (χ1) is 8.60. The molecule has 0 radical (unpaired) electrons. The summed E-state index contributed by atoms with van der Waals surface area (Å²) in [6, 6.07) is 6.67. The number of aliphatic hydroxyl groups excluding tert-OH is 1. The highest BCUT2D eigenvalue weighted by Crippen LogP contribution is 2.21. The van der Waals surface area contributed by atoms with Gasteiger partial charge in [0.05, 0.1) is 6.61 Å². The van der Waals surface area contributed by atoms with Crippen molar-refractivity contribution in [3.63, 3.8) is 0 Å². The number of benzene rings is 1. The Morgan fingerprint density at radius 2 is 2.11 bits per heavy atom. The smallest absolute Gasteiger partial charge is 0.0632 e. The van der Waals surface area contributed by atoms with Crippen molar-refractivity contribution in [2.75, 3.05) is 25.1 Å². The summed E-state index contributed by atoms with van der Waals surface area (Å²) in [5.74, 6) is 0. The number of likely N-dealkylation sites (N-methyl/N-ethyl adjacent to an activating group) is 1. The van der Waals surface area contributed by atoms with Crippen LogP contribution in [0.1, 0.15) is 31.4 Å². The van der Waals surface area contributed by atoms with E-state index < -0.39 is 0 Å². The zero-order valence-electron chi connectivity index (χ0n) is 12.0. The third-order valence-corrected chi connectivity index (χ3v) is 3.32. The number of aryl methyl sites for hydroxylation is 1. The van der Waals surface area contributed by atoms with Gasteiger partial charge in [-0.15, -0.1) is 0 Å². The Balaban J connectivity index is 2.73. The molecule has 1 rings (SSSR count). The van der Waals surface area contributed by atoms with Gasteiger partial charge in [-0.3, -0.25) is 0 Å². The van der Waals surface area contributed by atoms with E-state index in [0.29, 0.717) is 0 Å². The van der Waals surface area contributed by atoms with Crippen molar-refractivity contribution < 1.29 is 5.11 Å². The average molecular weight is 250 g/mol. The number of anilines is 1. The lowest BCUT2D eigenvalue weighted by Crippen LogP contribution is -2.32. The summed E-state index contributed by atoms with van der Waals surface area (Å²) in [6.07, 6.45) is 1.16. The summed E-state index contributed by atoms with van der Waals surface area (Å²) in [6.45, 7) is 8.48. The van der Waals surface area contributed by atoms with E-state index in [-0.39, 0.29) is 12.6 Å². The maximum absolute atomic E-state index is 9.20. The minimum Gasteiger partial charge on any atom is -0.394 e. The zero-order valence-corrected chi connectivity index (χ0v) is 12.0. The second kappa shape index (κ2) is 7.39. The van der Waals surface area contributed by atoms with Gasteiger partial charge in [0.15, 0.2) is 0 Å². The number of nitrogens with zero attached hydrogens (tertiary/aromatic N) is 1. The normalized spacial score (nSPS) is 12.5. The number of hydrogen-bond acceptors (Lipinski definition) is 3. The first kappa shape index (κ1) is 15.0. The lowest BCUT2D eigenvalue weighted by molar-refractivity contribution is 0.270. The molecule has 0 bridgehead atoms. The van der Waals surface area contributed by atoms with Crippen LogP contribution in [0.4, 0.5) is 5.69 Å². The largest absolute Gasteiger partial charge is 0.394 e. The molecule has 0 fully saturated rings. The Kier molecular flexibility index (Phi) is 6.16. The Morgan fingerprint density at radius 3 is 2.67 bits per heavy atom. The first-order valence-electron chi connectivity index (χ1n) is 6.74. The Hall–Kier alpha value is -1.06. The SMILES string of the molecule is CCCNCc1ccc(N(C)C(C)CO)c(C)c1. The van der Waals surface area contributed by atoms with Gasteiger partial charge in [0.25, 0.3) is 0 Å². The lowest BCUT2D eigenvalue weighted by atomic mass is 10.1. The second-order valence-corrected chi connectivity index (χ2v) is 4.94. The van der Waals surface area contributed by atoms with Gasteiger partial charge in [0.2, 0.25) is 0 Å². The van der Waals surface area contributed by atoms with Crippen molar-refractivity contribution in [1.29, 1.82) is 0 Å². The second-order valence-electron chi connectivity index (χ2n) is 4.94. The predicted molar refractivity (Wildman–Crippen MR) is 78.1 cm³/mol. The predicted octanol–water partition coefficient (Wildman–Crippen LogP) is 2.31.